The molecule has 0 saturated heterocycles. The Morgan fingerprint density at radius 3 is 2.35 bits per heavy atom. The fraction of sp³-hybridized carbons (Fsp3) is 0.208. The van der Waals surface area contributed by atoms with Gasteiger partial charge >= 0.3 is 12.4 Å². The van der Waals surface area contributed by atoms with Crippen molar-refractivity contribution in [3.05, 3.63) is 71.7 Å². The predicted molar refractivity (Wildman–Crippen MR) is 128 cm³/mol. The zero-order chi connectivity index (χ0) is 27.1. The molecule has 37 heavy (non-hydrogen) atoms. The summed E-state index contributed by atoms with van der Waals surface area (Å²) < 4.78 is 89.1. The number of pyridine rings is 1. The first-order chi connectivity index (χ1) is 17.3. The van der Waals surface area contributed by atoms with Gasteiger partial charge in [0.1, 0.15) is 0 Å². The van der Waals surface area contributed by atoms with Gasteiger partial charge in [-0.1, -0.05) is 20.1 Å². The number of alkyl halides is 6. The van der Waals surface area contributed by atoms with Crippen molar-refractivity contribution in [1.29, 1.82) is 0 Å². The Balaban J connectivity index is 1.80. The summed E-state index contributed by atoms with van der Waals surface area (Å²) in [5.74, 6) is -1.07. The van der Waals surface area contributed by atoms with E-state index in [9.17, 15) is 31.1 Å². The summed E-state index contributed by atoms with van der Waals surface area (Å²) in [6.07, 6.45) is -7.64. The summed E-state index contributed by atoms with van der Waals surface area (Å²) >= 11 is 0. The van der Waals surface area contributed by atoms with Gasteiger partial charge in [0, 0.05) is 22.7 Å². The number of halogens is 6. The summed E-state index contributed by atoms with van der Waals surface area (Å²) in [5.41, 5.74) is -3.47. The molecule has 0 spiro atoms. The molecule has 1 amide bonds. The van der Waals surface area contributed by atoms with Crippen molar-refractivity contribution >= 4 is 35.6 Å². The Bertz CT molecular complexity index is 1480. The number of fused-ring (bicyclic) bond motifs is 1. The van der Waals surface area contributed by atoms with Crippen LogP contribution in [0.2, 0.25) is 0 Å². The molecule has 0 unspecified atom stereocenters. The molecule has 2 heterocycles. The number of hydrogen-bond acceptors (Lipinski definition) is 4. The van der Waals surface area contributed by atoms with Crippen LogP contribution in [0.3, 0.4) is 0 Å². The lowest BCUT2D eigenvalue weighted by Gasteiger charge is -2.18. The minimum Gasteiger partial charge on any atom is -0.481 e. The summed E-state index contributed by atoms with van der Waals surface area (Å²) in [6, 6.07) is 9.12. The molecule has 13 heteroatoms. The molecule has 0 saturated carbocycles. The molecular formula is C24H19F6N4O2P. The molecule has 6 nitrogen and oxygen atoms in total. The molecule has 194 valence electrons. The van der Waals surface area contributed by atoms with Crippen LogP contribution in [0.25, 0.3) is 16.5 Å². The third-order valence-electron chi connectivity index (χ3n) is 5.49. The van der Waals surface area contributed by atoms with E-state index in [-0.39, 0.29) is 22.6 Å². The minimum atomic E-state index is -5.02. The van der Waals surface area contributed by atoms with E-state index in [2.05, 4.69) is 15.4 Å². The fourth-order valence-electron chi connectivity index (χ4n) is 3.91. The Hall–Kier alpha value is -3.66. The third-order valence-corrected chi connectivity index (χ3v) is 6.85. The Morgan fingerprint density at radius 1 is 1.00 bits per heavy atom. The first-order valence-electron chi connectivity index (χ1n) is 10.6. The van der Waals surface area contributed by atoms with Crippen molar-refractivity contribution in [3.63, 3.8) is 0 Å². The van der Waals surface area contributed by atoms with E-state index < -0.39 is 43.0 Å². The van der Waals surface area contributed by atoms with Gasteiger partial charge in [-0.3, -0.25) is 4.79 Å². The van der Waals surface area contributed by atoms with Gasteiger partial charge in [-0.2, -0.15) is 31.4 Å². The van der Waals surface area contributed by atoms with E-state index in [1.54, 1.807) is 19.4 Å². The second kappa shape index (κ2) is 9.66. The highest BCUT2D eigenvalue weighted by Gasteiger charge is 2.41. The highest BCUT2D eigenvalue weighted by Crippen LogP contribution is 2.38. The summed E-state index contributed by atoms with van der Waals surface area (Å²) in [7, 11) is 0.239. The largest absolute Gasteiger partial charge is 0.481 e. The van der Waals surface area contributed by atoms with Gasteiger partial charge in [-0.05, 0) is 49.0 Å². The van der Waals surface area contributed by atoms with Gasteiger partial charge in [-0.15, -0.1) is 0 Å². The van der Waals surface area contributed by atoms with Gasteiger partial charge in [0.2, 0.25) is 5.88 Å². The van der Waals surface area contributed by atoms with Crippen LogP contribution >= 0.6 is 7.92 Å². The van der Waals surface area contributed by atoms with Crippen molar-refractivity contribution in [3.8, 4) is 11.6 Å². The van der Waals surface area contributed by atoms with Crippen LogP contribution in [0.4, 0.5) is 32.0 Å². The fourth-order valence-corrected chi connectivity index (χ4v) is 4.96. The van der Waals surface area contributed by atoms with Gasteiger partial charge in [0.25, 0.3) is 5.91 Å². The average Bonchev–Trinajstić information content (AvgIpc) is 3.28. The lowest BCUT2D eigenvalue weighted by molar-refractivity contribution is -0.143. The van der Waals surface area contributed by atoms with E-state index in [1.807, 2.05) is 0 Å². The van der Waals surface area contributed by atoms with Crippen molar-refractivity contribution < 1.29 is 35.9 Å². The quantitative estimate of drug-likeness (QED) is 0.246. The number of hydrogen-bond donors (Lipinski definition) is 1. The average molecular weight is 540 g/mol. The Kier molecular flexibility index (Phi) is 6.89. The monoisotopic (exact) mass is 540 g/mol. The number of carbonyl (C=O) groups is 1. The summed E-state index contributed by atoms with van der Waals surface area (Å²) in [4.78, 5) is 16.9. The van der Waals surface area contributed by atoms with Crippen LogP contribution in [0, 0.1) is 0 Å². The molecule has 2 aromatic carbocycles. The Morgan fingerprint density at radius 2 is 1.73 bits per heavy atom. The molecule has 0 bridgehead atoms. The Labute approximate surface area is 208 Å². The number of aromatic nitrogens is 3. The molecule has 2 aromatic heterocycles. The first-order valence-corrected chi connectivity index (χ1v) is 12.8. The number of ether oxygens (including phenoxy) is 1. The molecule has 1 N–H and O–H groups in total. The second-order valence-electron chi connectivity index (χ2n) is 8.09. The summed E-state index contributed by atoms with van der Waals surface area (Å²) in [6.45, 7) is 3.28. The number of amides is 1. The highest BCUT2D eigenvalue weighted by molar-refractivity contribution is 7.64. The van der Waals surface area contributed by atoms with Crippen molar-refractivity contribution in [1.82, 2.24) is 14.8 Å². The lowest BCUT2D eigenvalue weighted by atomic mass is 10.1. The highest BCUT2D eigenvalue weighted by atomic mass is 31.1. The zero-order valence-electron chi connectivity index (χ0n) is 19.6. The minimum absolute atomic E-state index is 0.00698. The molecule has 0 aliphatic rings. The van der Waals surface area contributed by atoms with E-state index in [0.29, 0.717) is 15.5 Å². The molecule has 0 radical (unpaired) electrons. The van der Waals surface area contributed by atoms with Crippen LogP contribution < -0.4 is 15.4 Å². The molecule has 0 aliphatic carbocycles. The lowest BCUT2D eigenvalue weighted by Crippen LogP contribution is -2.22. The predicted octanol–water partition coefficient (Wildman–Crippen LogP) is 6.09. The molecule has 0 atom stereocenters. The number of anilines is 1. The van der Waals surface area contributed by atoms with E-state index in [0.717, 1.165) is 12.3 Å². The van der Waals surface area contributed by atoms with Gasteiger partial charge in [-0.25, -0.2) is 9.67 Å². The molecule has 4 rings (SSSR count). The number of nitrogens with zero attached hydrogens (tertiary/aromatic N) is 3. The van der Waals surface area contributed by atoms with Crippen LogP contribution in [-0.2, 0) is 12.4 Å². The maximum absolute atomic E-state index is 14.2. The van der Waals surface area contributed by atoms with E-state index in [1.165, 1.54) is 43.6 Å². The van der Waals surface area contributed by atoms with Gasteiger partial charge in [0.05, 0.1) is 30.1 Å². The van der Waals surface area contributed by atoms with Crippen LogP contribution in [-0.4, -0.2) is 41.1 Å². The standard InChI is InChI=1S/C24H19F6N4O2P/c1-36-22-15-5-4-6-18(14(15)9-10-31-22)34-20(24(28,29)30)16(12-32-34)21(35)33-13-7-8-19(37(2)3)17(11-13)23(25,26)27/h4-12H,1-3H3,(H,33,35). The normalized spacial score (nSPS) is 12.3. The SMILES string of the molecule is COc1nccc2c(-n3ncc(C(=O)Nc4ccc(P(C)C)c(C(F)(F)F)c4)c3C(F)(F)F)cccc12. The maximum Gasteiger partial charge on any atom is 0.434 e. The zero-order valence-corrected chi connectivity index (χ0v) is 20.5. The third kappa shape index (κ3) is 5.11. The van der Waals surface area contributed by atoms with E-state index >= 15 is 0 Å². The summed E-state index contributed by atoms with van der Waals surface area (Å²) in [5, 5.41) is 6.78. The molecule has 0 fully saturated rings. The molecular weight excluding hydrogens is 521 g/mol. The number of methoxy groups -OCH3 is 1. The number of rotatable bonds is 5. The van der Waals surface area contributed by atoms with Crippen LogP contribution in [0.15, 0.2) is 54.9 Å². The van der Waals surface area contributed by atoms with E-state index in [4.69, 9.17) is 4.74 Å². The second-order valence-corrected chi connectivity index (χ2v) is 10.4. The number of benzene rings is 2. The van der Waals surface area contributed by atoms with Crippen LogP contribution in [0.5, 0.6) is 5.88 Å². The van der Waals surface area contributed by atoms with Gasteiger partial charge in [0.15, 0.2) is 5.69 Å². The molecule has 0 aliphatic heterocycles. The smallest absolute Gasteiger partial charge is 0.434 e. The molecule has 4 aromatic rings. The van der Waals surface area contributed by atoms with Crippen molar-refractivity contribution in [2.45, 2.75) is 12.4 Å². The van der Waals surface area contributed by atoms with Crippen molar-refractivity contribution in [2.75, 3.05) is 25.8 Å². The topological polar surface area (TPSA) is 69.0 Å². The first kappa shape index (κ1) is 26.4. The number of nitrogens with one attached hydrogen (secondary N) is 1. The number of carbonyl (C=O) groups excluding carboxylic acids is 1. The van der Waals surface area contributed by atoms with Crippen LogP contribution in [0.1, 0.15) is 21.6 Å². The van der Waals surface area contributed by atoms with Crippen molar-refractivity contribution in [2.24, 2.45) is 0 Å². The van der Waals surface area contributed by atoms with Gasteiger partial charge < -0.3 is 10.1 Å². The maximum atomic E-state index is 14.2.